The van der Waals surface area contributed by atoms with Crippen LogP contribution in [0.2, 0.25) is 0 Å². The topological polar surface area (TPSA) is 12.0 Å². The lowest BCUT2D eigenvalue weighted by Crippen LogP contribution is -2.11. The van der Waals surface area contributed by atoms with Crippen molar-refractivity contribution in [1.29, 1.82) is 0 Å². The van der Waals surface area contributed by atoms with Gasteiger partial charge in [-0.05, 0) is 47.1 Å². The molecule has 3 rings (SSSR count). The third-order valence-corrected chi connectivity index (χ3v) is 4.02. The van der Waals surface area contributed by atoms with E-state index in [9.17, 15) is 0 Å². The first-order valence-corrected chi connectivity index (χ1v) is 7.80. The molecule has 0 unspecified atom stereocenters. The SMILES string of the molecule is Cc1cccc(Nc2cc(C(C)(C)C)cc3ccccc23)c1. The van der Waals surface area contributed by atoms with Gasteiger partial charge in [-0.25, -0.2) is 0 Å². The number of aryl methyl sites for hydroxylation is 1. The number of fused-ring (bicyclic) bond motifs is 1. The van der Waals surface area contributed by atoms with Crippen LogP contribution >= 0.6 is 0 Å². The monoisotopic (exact) mass is 289 g/mol. The molecule has 0 saturated heterocycles. The van der Waals surface area contributed by atoms with Crippen molar-refractivity contribution in [2.45, 2.75) is 33.1 Å². The molecule has 112 valence electrons. The number of benzene rings is 3. The Hall–Kier alpha value is -2.28. The molecule has 0 aliphatic rings. The summed E-state index contributed by atoms with van der Waals surface area (Å²) >= 11 is 0. The van der Waals surface area contributed by atoms with Crippen molar-refractivity contribution in [3.8, 4) is 0 Å². The Labute approximate surface area is 133 Å². The highest BCUT2D eigenvalue weighted by Crippen LogP contribution is 2.33. The molecule has 0 amide bonds. The van der Waals surface area contributed by atoms with Crippen molar-refractivity contribution in [1.82, 2.24) is 0 Å². The Bertz CT molecular complexity index is 809. The molecule has 1 heteroatoms. The van der Waals surface area contributed by atoms with Gasteiger partial charge in [0.05, 0.1) is 0 Å². The van der Waals surface area contributed by atoms with Crippen LogP contribution in [-0.4, -0.2) is 0 Å². The van der Waals surface area contributed by atoms with E-state index in [2.05, 4.69) is 93.7 Å². The number of anilines is 2. The Morgan fingerprint density at radius 3 is 2.32 bits per heavy atom. The third kappa shape index (κ3) is 2.99. The van der Waals surface area contributed by atoms with E-state index >= 15 is 0 Å². The molecule has 0 fully saturated rings. The maximum atomic E-state index is 3.60. The molecule has 0 spiro atoms. The Morgan fingerprint density at radius 2 is 1.59 bits per heavy atom. The minimum atomic E-state index is 0.132. The second-order valence-corrected chi connectivity index (χ2v) is 6.99. The van der Waals surface area contributed by atoms with Crippen LogP contribution in [-0.2, 0) is 5.41 Å². The predicted molar refractivity (Wildman–Crippen MR) is 97.1 cm³/mol. The van der Waals surface area contributed by atoms with Gasteiger partial charge in [0.15, 0.2) is 0 Å². The first-order valence-electron chi connectivity index (χ1n) is 7.80. The highest BCUT2D eigenvalue weighted by molar-refractivity contribution is 5.96. The van der Waals surface area contributed by atoms with Gasteiger partial charge in [0, 0.05) is 16.8 Å². The minimum absolute atomic E-state index is 0.132. The molecule has 0 aliphatic carbocycles. The van der Waals surface area contributed by atoms with E-state index < -0.39 is 0 Å². The van der Waals surface area contributed by atoms with Crippen LogP contribution in [0.5, 0.6) is 0 Å². The van der Waals surface area contributed by atoms with E-state index in [-0.39, 0.29) is 5.41 Å². The molecule has 0 atom stereocenters. The van der Waals surface area contributed by atoms with Gasteiger partial charge < -0.3 is 5.32 Å². The lowest BCUT2D eigenvalue weighted by Gasteiger charge is -2.22. The fourth-order valence-electron chi connectivity index (χ4n) is 2.73. The lowest BCUT2D eigenvalue weighted by atomic mass is 9.85. The molecule has 1 N–H and O–H groups in total. The summed E-state index contributed by atoms with van der Waals surface area (Å²) < 4.78 is 0. The van der Waals surface area contributed by atoms with Gasteiger partial charge in [-0.2, -0.15) is 0 Å². The summed E-state index contributed by atoms with van der Waals surface area (Å²) in [5.74, 6) is 0. The number of hydrogen-bond donors (Lipinski definition) is 1. The van der Waals surface area contributed by atoms with Gasteiger partial charge in [-0.3, -0.25) is 0 Å². The molecule has 22 heavy (non-hydrogen) atoms. The summed E-state index contributed by atoms with van der Waals surface area (Å²) in [6.45, 7) is 8.89. The Balaban J connectivity index is 2.14. The summed E-state index contributed by atoms with van der Waals surface area (Å²) in [6.07, 6.45) is 0. The quantitative estimate of drug-likeness (QED) is 0.593. The van der Waals surface area contributed by atoms with Crippen LogP contribution < -0.4 is 5.32 Å². The molecule has 0 saturated carbocycles. The standard InChI is InChI=1S/C21H23N/c1-15-8-7-10-18(12-15)22-20-14-17(21(2,3)4)13-16-9-5-6-11-19(16)20/h5-14,22H,1-4H3. The zero-order valence-corrected chi connectivity index (χ0v) is 13.8. The molecule has 0 aliphatic heterocycles. The first-order chi connectivity index (χ1) is 10.4. The van der Waals surface area contributed by atoms with Gasteiger partial charge in [0.1, 0.15) is 0 Å². The highest BCUT2D eigenvalue weighted by atomic mass is 14.9. The second-order valence-electron chi connectivity index (χ2n) is 6.99. The Kier molecular flexibility index (Phi) is 3.66. The molecular formula is C21H23N. The van der Waals surface area contributed by atoms with Gasteiger partial charge in [0.25, 0.3) is 0 Å². The first kappa shape index (κ1) is 14.6. The van der Waals surface area contributed by atoms with E-state index in [1.54, 1.807) is 0 Å². The van der Waals surface area contributed by atoms with Crippen molar-refractivity contribution in [2.24, 2.45) is 0 Å². The van der Waals surface area contributed by atoms with Crippen LogP contribution in [0.25, 0.3) is 10.8 Å². The average molecular weight is 289 g/mol. The van der Waals surface area contributed by atoms with Crippen molar-refractivity contribution < 1.29 is 0 Å². The van der Waals surface area contributed by atoms with Crippen LogP contribution in [0.1, 0.15) is 31.9 Å². The third-order valence-electron chi connectivity index (χ3n) is 4.02. The van der Waals surface area contributed by atoms with Gasteiger partial charge in [-0.15, -0.1) is 0 Å². The van der Waals surface area contributed by atoms with E-state index in [1.165, 1.54) is 27.6 Å². The zero-order valence-electron chi connectivity index (χ0n) is 13.8. The van der Waals surface area contributed by atoms with Gasteiger partial charge in [0.2, 0.25) is 0 Å². The van der Waals surface area contributed by atoms with Crippen molar-refractivity contribution in [3.63, 3.8) is 0 Å². The van der Waals surface area contributed by atoms with Crippen molar-refractivity contribution >= 4 is 22.1 Å². The fourth-order valence-corrected chi connectivity index (χ4v) is 2.73. The molecule has 3 aromatic carbocycles. The van der Waals surface area contributed by atoms with Gasteiger partial charge >= 0.3 is 0 Å². The maximum absolute atomic E-state index is 3.60. The van der Waals surface area contributed by atoms with Gasteiger partial charge in [-0.1, -0.05) is 63.2 Å². The fraction of sp³-hybridized carbons (Fsp3) is 0.238. The van der Waals surface area contributed by atoms with Crippen LogP contribution in [0, 0.1) is 6.92 Å². The summed E-state index contributed by atoms with van der Waals surface area (Å²) in [6, 6.07) is 21.7. The average Bonchev–Trinajstić information content (AvgIpc) is 2.46. The van der Waals surface area contributed by atoms with Crippen molar-refractivity contribution in [2.75, 3.05) is 5.32 Å². The largest absolute Gasteiger partial charge is 0.355 e. The number of hydrogen-bond acceptors (Lipinski definition) is 1. The second kappa shape index (κ2) is 5.49. The molecule has 1 nitrogen and oxygen atoms in total. The summed E-state index contributed by atoms with van der Waals surface area (Å²) in [4.78, 5) is 0. The number of nitrogens with one attached hydrogen (secondary N) is 1. The summed E-state index contributed by atoms with van der Waals surface area (Å²) in [5.41, 5.74) is 5.06. The summed E-state index contributed by atoms with van der Waals surface area (Å²) in [5, 5.41) is 6.14. The smallest absolute Gasteiger partial charge is 0.0466 e. The molecule has 0 heterocycles. The van der Waals surface area contributed by atoms with Crippen LogP contribution in [0.4, 0.5) is 11.4 Å². The van der Waals surface area contributed by atoms with Crippen LogP contribution in [0.3, 0.4) is 0 Å². The lowest BCUT2D eigenvalue weighted by molar-refractivity contribution is 0.591. The Morgan fingerprint density at radius 1 is 0.818 bits per heavy atom. The zero-order chi connectivity index (χ0) is 15.7. The van der Waals surface area contributed by atoms with E-state index in [1.807, 2.05) is 0 Å². The van der Waals surface area contributed by atoms with E-state index in [0.29, 0.717) is 0 Å². The molecule has 3 aromatic rings. The maximum Gasteiger partial charge on any atom is 0.0466 e. The number of rotatable bonds is 2. The highest BCUT2D eigenvalue weighted by Gasteiger charge is 2.16. The van der Waals surface area contributed by atoms with Crippen LogP contribution in [0.15, 0.2) is 60.7 Å². The predicted octanol–water partition coefficient (Wildman–Crippen LogP) is 6.19. The molecule has 0 radical (unpaired) electrons. The van der Waals surface area contributed by atoms with E-state index in [4.69, 9.17) is 0 Å². The summed E-state index contributed by atoms with van der Waals surface area (Å²) in [7, 11) is 0. The molecule has 0 bridgehead atoms. The molecular weight excluding hydrogens is 266 g/mol. The normalized spacial score (nSPS) is 11.6. The van der Waals surface area contributed by atoms with Crippen molar-refractivity contribution in [3.05, 3.63) is 71.8 Å². The minimum Gasteiger partial charge on any atom is -0.355 e. The van der Waals surface area contributed by atoms with E-state index in [0.717, 1.165) is 5.69 Å². The molecule has 0 aromatic heterocycles.